The Kier molecular flexibility index (Phi) is 9.09. The predicted molar refractivity (Wildman–Crippen MR) is 168 cm³/mol. The van der Waals surface area contributed by atoms with Crippen molar-refractivity contribution in [3.05, 3.63) is 66.0 Å². The molecule has 1 saturated heterocycles. The number of benzene rings is 3. The van der Waals surface area contributed by atoms with Gasteiger partial charge in [-0.1, -0.05) is 12.1 Å². The normalized spacial score (nSPS) is 15.0. The highest BCUT2D eigenvalue weighted by Gasteiger charge is 2.21. The molecule has 0 radical (unpaired) electrons. The van der Waals surface area contributed by atoms with E-state index in [1.807, 2.05) is 55.5 Å². The van der Waals surface area contributed by atoms with Gasteiger partial charge in [-0.25, -0.2) is 9.97 Å². The third-order valence-corrected chi connectivity index (χ3v) is 8.29. The van der Waals surface area contributed by atoms with Crippen LogP contribution in [0.2, 0.25) is 0 Å². The van der Waals surface area contributed by atoms with Crippen LogP contribution in [0.4, 0.5) is 5.69 Å². The number of piperidine rings is 1. The van der Waals surface area contributed by atoms with Gasteiger partial charge in [-0.2, -0.15) is 0 Å². The van der Waals surface area contributed by atoms with E-state index in [0.717, 1.165) is 78.1 Å². The van der Waals surface area contributed by atoms with Gasteiger partial charge in [0.25, 0.3) is 0 Å². The Morgan fingerprint density at radius 1 is 1.00 bits per heavy atom. The molecule has 0 atom stereocenters. The first-order chi connectivity index (χ1) is 21.5. The zero-order valence-electron chi connectivity index (χ0n) is 25.4. The molecule has 0 unspecified atom stereocenters. The Morgan fingerprint density at radius 3 is 2.64 bits per heavy atom. The summed E-state index contributed by atoms with van der Waals surface area (Å²) in [5.74, 6) is 3.08. The standard InChI is InChI=1S/C34H38N4O6/c1-22-14-25(5-6-27(22)37-33(39)16-24-4-7-29-31(15-24)44-21-43-29)34-26-17-30(41-3)32(18-28(26)35-20-36-34)42-19-23-8-10-38(11-9-23)12-13-40-2/h4-7,14-15,17-18,20,23H,8-13,16,19,21H2,1-3H3,(H,37,39). The molecule has 1 amide bonds. The third-order valence-electron chi connectivity index (χ3n) is 8.29. The molecule has 10 heteroatoms. The molecule has 44 heavy (non-hydrogen) atoms. The van der Waals surface area contributed by atoms with Crippen molar-refractivity contribution in [2.45, 2.75) is 26.2 Å². The summed E-state index contributed by atoms with van der Waals surface area (Å²) < 4.78 is 28.0. The molecule has 0 aliphatic carbocycles. The number of anilines is 1. The molecule has 4 aromatic rings. The van der Waals surface area contributed by atoms with Gasteiger partial charge in [0, 0.05) is 36.4 Å². The number of carbonyl (C=O) groups excluding carboxylic acids is 1. The third kappa shape index (κ3) is 6.71. The summed E-state index contributed by atoms with van der Waals surface area (Å²) in [6.45, 7) is 6.67. The molecule has 0 bridgehead atoms. The van der Waals surface area contributed by atoms with E-state index in [0.29, 0.717) is 35.5 Å². The highest BCUT2D eigenvalue weighted by molar-refractivity contribution is 5.96. The predicted octanol–water partition coefficient (Wildman–Crippen LogP) is 5.26. The minimum Gasteiger partial charge on any atom is -0.493 e. The highest BCUT2D eigenvalue weighted by Crippen LogP contribution is 2.37. The van der Waals surface area contributed by atoms with Crippen LogP contribution in [0.15, 0.2) is 54.9 Å². The van der Waals surface area contributed by atoms with Gasteiger partial charge in [0.15, 0.2) is 23.0 Å². The molecule has 3 aromatic carbocycles. The second kappa shape index (κ2) is 13.5. The van der Waals surface area contributed by atoms with E-state index >= 15 is 0 Å². The van der Waals surface area contributed by atoms with Crippen LogP contribution in [-0.4, -0.2) is 74.6 Å². The van der Waals surface area contributed by atoms with Crippen molar-refractivity contribution in [3.8, 4) is 34.3 Å². The number of likely N-dealkylation sites (tertiary alicyclic amines) is 1. The van der Waals surface area contributed by atoms with Crippen molar-refractivity contribution in [3.63, 3.8) is 0 Å². The monoisotopic (exact) mass is 598 g/mol. The van der Waals surface area contributed by atoms with E-state index in [1.165, 1.54) is 0 Å². The van der Waals surface area contributed by atoms with E-state index in [4.69, 9.17) is 23.7 Å². The van der Waals surface area contributed by atoms with Crippen molar-refractivity contribution in [1.82, 2.24) is 14.9 Å². The fourth-order valence-electron chi connectivity index (χ4n) is 5.75. The number of methoxy groups -OCH3 is 2. The lowest BCUT2D eigenvalue weighted by Crippen LogP contribution is -2.37. The van der Waals surface area contributed by atoms with Crippen LogP contribution in [-0.2, 0) is 16.0 Å². The van der Waals surface area contributed by atoms with Crippen molar-refractivity contribution >= 4 is 22.5 Å². The number of ether oxygens (including phenoxy) is 5. The van der Waals surface area contributed by atoms with Crippen LogP contribution in [0.1, 0.15) is 24.0 Å². The maximum Gasteiger partial charge on any atom is 0.231 e. The molecule has 0 saturated carbocycles. The summed E-state index contributed by atoms with van der Waals surface area (Å²) >= 11 is 0. The molecule has 1 aromatic heterocycles. The Labute approximate surface area is 257 Å². The van der Waals surface area contributed by atoms with Crippen LogP contribution >= 0.6 is 0 Å². The highest BCUT2D eigenvalue weighted by atomic mass is 16.7. The minimum atomic E-state index is -0.110. The molecule has 1 N–H and O–H groups in total. The second-order valence-electron chi connectivity index (χ2n) is 11.3. The first kappa shape index (κ1) is 29.7. The molecular weight excluding hydrogens is 560 g/mol. The zero-order chi connectivity index (χ0) is 30.5. The molecule has 3 heterocycles. The van der Waals surface area contributed by atoms with Gasteiger partial charge < -0.3 is 33.9 Å². The lowest BCUT2D eigenvalue weighted by Gasteiger charge is -2.31. The van der Waals surface area contributed by atoms with Gasteiger partial charge >= 0.3 is 0 Å². The number of carbonyl (C=O) groups is 1. The quantitative estimate of drug-likeness (QED) is 0.248. The van der Waals surface area contributed by atoms with Crippen LogP contribution in [0.25, 0.3) is 22.2 Å². The summed E-state index contributed by atoms with van der Waals surface area (Å²) in [6, 6.07) is 15.3. The maximum atomic E-state index is 12.8. The van der Waals surface area contributed by atoms with E-state index < -0.39 is 0 Å². The van der Waals surface area contributed by atoms with Crippen LogP contribution in [0.3, 0.4) is 0 Å². The van der Waals surface area contributed by atoms with E-state index in [-0.39, 0.29) is 19.1 Å². The molecule has 6 rings (SSSR count). The first-order valence-electron chi connectivity index (χ1n) is 15.0. The van der Waals surface area contributed by atoms with Crippen molar-refractivity contribution in [1.29, 1.82) is 0 Å². The Bertz CT molecular complexity index is 1640. The number of fused-ring (bicyclic) bond motifs is 2. The van der Waals surface area contributed by atoms with Gasteiger partial charge in [-0.05, 0) is 80.2 Å². The number of hydrogen-bond donors (Lipinski definition) is 1. The number of aromatic nitrogens is 2. The summed E-state index contributed by atoms with van der Waals surface area (Å²) in [5, 5.41) is 3.89. The molecule has 10 nitrogen and oxygen atoms in total. The summed E-state index contributed by atoms with van der Waals surface area (Å²) in [4.78, 5) is 24.4. The molecule has 0 spiro atoms. The Morgan fingerprint density at radius 2 is 1.84 bits per heavy atom. The van der Waals surface area contributed by atoms with Gasteiger partial charge in [0.2, 0.25) is 12.7 Å². The zero-order valence-corrected chi connectivity index (χ0v) is 25.4. The molecule has 1 fully saturated rings. The van der Waals surface area contributed by atoms with Gasteiger partial charge in [-0.15, -0.1) is 0 Å². The summed E-state index contributed by atoms with van der Waals surface area (Å²) in [6.07, 6.45) is 3.99. The number of nitrogens with zero attached hydrogens (tertiary/aromatic N) is 3. The second-order valence-corrected chi connectivity index (χ2v) is 11.3. The molecule has 2 aliphatic heterocycles. The number of hydrogen-bond acceptors (Lipinski definition) is 9. The van der Waals surface area contributed by atoms with Crippen molar-refractivity contribution < 1.29 is 28.5 Å². The largest absolute Gasteiger partial charge is 0.493 e. The average molecular weight is 599 g/mol. The number of rotatable bonds is 11. The number of amides is 1. The average Bonchev–Trinajstić information content (AvgIpc) is 3.51. The lowest BCUT2D eigenvalue weighted by atomic mass is 9.98. The van der Waals surface area contributed by atoms with Crippen LogP contribution in [0.5, 0.6) is 23.0 Å². The van der Waals surface area contributed by atoms with Crippen molar-refractivity contribution in [2.24, 2.45) is 5.92 Å². The van der Waals surface area contributed by atoms with E-state index in [2.05, 4.69) is 20.2 Å². The van der Waals surface area contributed by atoms with E-state index in [1.54, 1.807) is 20.5 Å². The molecular formula is C34H38N4O6. The Balaban J connectivity index is 1.14. The fourth-order valence-corrected chi connectivity index (χ4v) is 5.75. The van der Waals surface area contributed by atoms with Gasteiger partial charge in [-0.3, -0.25) is 4.79 Å². The van der Waals surface area contributed by atoms with Crippen LogP contribution < -0.4 is 24.3 Å². The van der Waals surface area contributed by atoms with Crippen molar-refractivity contribution in [2.75, 3.05) is 59.2 Å². The molecule has 230 valence electrons. The fraction of sp³-hybridized carbons (Fsp3) is 0.382. The summed E-state index contributed by atoms with van der Waals surface area (Å²) in [7, 11) is 3.40. The van der Waals surface area contributed by atoms with Crippen LogP contribution in [0, 0.1) is 12.8 Å². The van der Waals surface area contributed by atoms with Gasteiger partial charge in [0.1, 0.15) is 6.33 Å². The van der Waals surface area contributed by atoms with E-state index in [9.17, 15) is 4.79 Å². The maximum absolute atomic E-state index is 12.8. The first-order valence-corrected chi connectivity index (χ1v) is 15.0. The molecule has 2 aliphatic rings. The number of nitrogens with one attached hydrogen (secondary N) is 1. The number of aryl methyl sites for hydroxylation is 1. The summed E-state index contributed by atoms with van der Waals surface area (Å²) in [5.41, 5.74) is 5.00. The SMILES string of the molecule is COCCN1CCC(COc2cc3ncnc(-c4ccc(NC(=O)Cc5ccc6c(c5)OCO6)c(C)c4)c3cc2OC)CC1. The smallest absolute Gasteiger partial charge is 0.231 e. The lowest BCUT2D eigenvalue weighted by molar-refractivity contribution is -0.115. The Hall–Kier alpha value is -4.41. The minimum absolute atomic E-state index is 0.110. The topological polar surface area (TPSA) is 104 Å². The van der Waals surface area contributed by atoms with Gasteiger partial charge in [0.05, 0.1) is 38.0 Å².